The Hall–Kier alpha value is -2.43. The second-order valence-electron chi connectivity index (χ2n) is 4.01. The molecule has 0 fully saturated rings. The van der Waals surface area contributed by atoms with E-state index in [0.29, 0.717) is 0 Å². The highest BCUT2D eigenvalue weighted by Crippen LogP contribution is 2.32. The molecule has 0 aliphatic heterocycles. The minimum absolute atomic E-state index is 0.0682. The van der Waals surface area contributed by atoms with Gasteiger partial charge in [0.15, 0.2) is 0 Å². The molecule has 2 rings (SSSR count). The summed E-state index contributed by atoms with van der Waals surface area (Å²) in [7, 11) is 0. The molecule has 0 saturated heterocycles. The van der Waals surface area contributed by atoms with Gasteiger partial charge in [0, 0.05) is 0 Å². The molecule has 2 aromatic rings. The van der Waals surface area contributed by atoms with Crippen molar-refractivity contribution in [3.63, 3.8) is 0 Å². The predicted octanol–water partition coefficient (Wildman–Crippen LogP) is 3.87. The van der Waals surface area contributed by atoms with Crippen molar-refractivity contribution in [1.82, 2.24) is 0 Å². The van der Waals surface area contributed by atoms with Gasteiger partial charge in [-0.05, 0) is 24.6 Å². The Morgan fingerprint density at radius 2 is 1.84 bits per heavy atom. The fourth-order valence-electron chi connectivity index (χ4n) is 1.75. The van der Waals surface area contributed by atoms with Crippen LogP contribution < -0.4 is 4.74 Å². The van der Waals surface area contributed by atoms with Crippen molar-refractivity contribution in [2.45, 2.75) is 13.0 Å². The van der Waals surface area contributed by atoms with Crippen LogP contribution in [0.4, 0.5) is 10.1 Å². The van der Waals surface area contributed by atoms with Crippen LogP contribution >= 0.6 is 0 Å². The van der Waals surface area contributed by atoms with Crippen molar-refractivity contribution in [3.05, 3.63) is 70.0 Å². The molecule has 5 heteroatoms. The molecule has 0 N–H and O–H groups in total. The summed E-state index contributed by atoms with van der Waals surface area (Å²) in [5.74, 6) is -0.968. The summed E-state index contributed by atoms with van der Waals surface area (Å²) in [5, 5.41) is 10.8. The van der Waals surface area contributed by atoms with E-state index in [0.717, 1.165) is 11.6 Å². The van der Waals surface area contributed by atoms with Gasteiger partial charge in [0.05, 0.1) is 4.92 Å². The Kier molecular flexibility index (Phi) is 3.75. The Morgan fingerprint density at radius 3 is 2.47 bits per heavy atom. The number of hydrogen-bond donors (Lipinski definition) is 0. The summed E-state index contributed by atoms with van der Waals surface area (Å²) in [6.45, 7) is 1.75. The highest BCUT2D eigenvalue weighted by molar-refractivity contribution is 5.47. The van der Waals surface area contributed by atoms with Gasteiger partial charge in [0.1, 0.15) is 6.10 Å². The van der Waals surface area contributed by atoms with Gasteiger partial charge in [-0.15, -0.1) is 0 Å². The van der Waals surface area contributed by atoms with Gasteiger partial charge in [-0.25, -0.2) is 0 Å². The van der Waals surface area contributed by atoms with E-state index in [9.17, 15) is 14.5 Å². The Balaban J connectivity index is 2.29. The van der Waals surface area contributed by atoms with Crippen LogP contribution in [-0.2, 0) is 0 Å². The molecular weight excluding hydrogens is 249 g/mol. The lowest BCUT2D eigenvalue weighted by Gasteiger charge is -2.15. The van der Waals surface area contributed by atoms with Crippen molar-refractivity contribution in [3.8, 4) is 5.75 Å². The van der Waals surface area contributed by atoms with Crippen molar-refractivity contribution in [2.75, 3.05) is 0 Å². The average molecular weight is 261 g/mol. The quantitative estimate of drug-likeness (QED) is 0.620. The Bertz CT molecular complexity index is 586. The Labute approximate surface area is 109 Å². The second-order valence-corrected chi connectivity index (χ2v) is 4.01. The van der Waals surface area contributed by atoms with Crippen LogP contribution in [0.1, 0.15) is 18.6 Å². The minimum Gasteiger partial charge on any atom is -0.479 e. The second kappa shape index (κ2) is 5.48. The number of nitro groups is 1. The van der Waals surface area contributed by atoms with Crippen molar-refractivity contribution < 1.29 is 14.1 Å². The number of nitrogens with zero attached hydrogens (tertiary/aromatic N) is 1. The van der Waals surface area contributed by atoms with E-state index in [4.69, 9.17) is 4.74 Å². The van der Waals surface area contributed by atoms with Crippen LogP contribution in [0, 0.1) is 15.9 Å². The molecule has 2 aromatic carbocycles. The first-order valence-electron chi connectivity index (χ1n) is 5.74. The highest BCUT2D eigenvalue weighted by Gasteiger charge is 2.22. The van der Waals surface area contributed by atoms with Gasteiger partial charge < -0.3 is 4.74 Å². The van der Waals surface area contributed by atoms with E-state index in [1.54, 1.807) is 6.92 Å². The zero-order valence-electron chi connectivity index (χ0n) is 10.2. The largest absolute Gasteiger partial charge is 0.479 e. The van der Waals surface area contributed by atoms with E-state index in [1.807, 2.05) is 30.3 Å². The summed E-state index contributed by atoms with van der Waals surface area (Å²) in [6.07, 6.45) is -0.401. The molecule has 1 unspecified atom stereocenters. The lowest BCUT2D eigenvalue weighted by molar-refractivity contribution is -0.388. The van der Waals surface area contributed by atoms with E-state index in [2.05, 4.69) is 0 Å². The third kappa shape index (κ3) is 2.88. The molecular formula is C14H12FNO3. The zero-order chi connectivity index (χ0) is 13.8. The van der Waals surface area contributed by atoms with E-state index in [-0.39, 0.29) is 5.75 Å². The first-order valence-corrected chi connectivity index (χ1v) is 5.74. The van der Waals surface area contributed by atoms with Crippen LogP contribution in [0.25, 0.3) is 0 Å². The third-order valence-electron chi connectivity index (χ3n) is 2.71. The fraction of sp³-hybridized carbons (Fsp3) is 0.143. The van der Waals surface area contributed by atoms with E-state index < -0.39 is 22.5 Å². The highest BCUT2D eigenvalue weighted by atomic mass is 19.1. The molecule has 0 aliphatic rings. The monoisotopic (exact) mass is 261 g/mol. The predicted molar refractivity (Wildman–Crippen MR) is 68.5 cm³/mol. The van der Waals surface area contributed by atoms with Crippen LogP contribution in [0.3, 0.4) is 0 Å². The lowest BCUT2D eigenvalue weighted by Crippen LogP contribution is -2.05. The topological polar surface area (TPSA) is 52.4 Å². The molecule has 0 radical (unpaired) electrons. The smallest absolute Gasteiger partial charge is 0.346 e. The number of para-hydroxylation sites is 1. The van der Waals surface area contributed by atoms with Gasteiger partial charge >= 0.3 is 5.69 Å². The number of nitro benzene ring substituents is 1. The van der Waals surface area contributed by atoms with E-state index >= 15 is 0 Å². The van der Waals surface area contributed by atoms with Gasteiger partial charge in [0.25, 0.3) is 0 Å². The maximum atomic E-state index is 13.4. The number of rotatable bonds is 4. The molecule has 0 spiro atoms. The summed E-state index contributed by atoms with van der Waals surface area (Å²) < 4.78 is 18.9. The third-order valence-corrected chi connectivity index (χ3v) is 2.71. The fourth-order valence-corrected chi connectivity index (χ4v) is 1.75. The molecule has 4 nitrogen and oxygen atoms in total. The van der Waals surface area contributed by atoms with Crippen LogP contribution in [0.15, 0.2) is 48.5 Å². The molecule has 1 atom stereocenters. The number of ether oxygens (including phenoxy) is 1. The molecule has 0 amide bonds. The van der Waals surface area contributed by atoms with Gasteiger partial charge in [-0.1, -0.05) is 36.4 Å². The first kappa shape index (κ1) is 13.0. The summed E-state index contributed by atoms with van der Waals surface area (Å²) in [4.78, 5) is 10.1. The summed E-state index contributed by atoms with van der Waals surface area (Å²) in [5.41, 5.74) is 0.228. The average Bonchev–Trinajstić information content (AvgIpc) is 2.39. The standard InChI is InChI=1S/C14H12FNO3/c1-10(11-6-3-2-4-7-11)19-13-9-5-8-12(15)14(13)16(17)18/h2-10H,1H3. The number of hydrogen-bond acceptors (Lipinski definition) is 3. The van der Waals surface area contributed by atoms with Crippen molar-refractivity contribution in [1.29, 1.82) is 0 Å². The SMILES string of the molecule is CC(Oc1cccc(F)c1[N+](=O)[O-])c1ccccc1. The maximum absolute atomic E-state index is 13.4. The van der Waals surface area contributed by atoms with Crippen LogP contribution in [0.2, 0.25) is 0 Å². The van der Waals surface area contributed by atoms with Crippen LogP contribution in [-0.4, -0.2) is 4.92 Å². The molecule has 0 heterocycles. The van der Waals surface area contributed by atoms with Gasteiger partial charge in [-0.3, -0.25) is 10.1 Å². The zero-order valence-corrected chi connectivity index (χ0v) is 10.2. The Morgan fingerprint density at radius 1 is 1.16 bits per heavy atom. The summed E-state index contributed by atoms with van der Waals surface area (Å²) >= 11 is 0. The lowest BCUT2D eigenvalue weighted by atomic mass is 10.1. The minimum atomic E-state index is -0.900. The molecule has 0 bridgehead atoms. The molecule has 0 saturated carbocycles. The molecule has 0 aliphatic carbocycles. The molecule has 98 valence electrons. The van der Waals surface area contributed by atoms with Gasteiger partial charge in [0.2, 0.25) is 11.6 Å². The summed E-state index contributed by atoms with van der Waals surface area (Å²) in [6, 6.07) is 13.0. The van der Waals surface area contributed by atoms with Crippen molar-refractivity contribution >= 4 is 5.69 Å². The van der Waals surface area contributed by atoms with Crippen molar-refractivity contribution in [2.24, 2.45) is 0 Å². The normalized spacial score (nSPS) is 11.9. The van der Waals surface area contributed by atoms with Gasteiger partial charge in [-0.2, -0.15) is 4.39 Å². The molecule has 0 aromatic heterocycles. The molecule has 19 heavy (non-hydrogen) atoms. The number of benzene rings is 2. The number of halogens is 1. The first-order chi connectivity index (χ1) is 9.09. The van der Waals surface area contributed by atoms with Crippen LogP contribution in [0.5, 0.6) is 5.75 Å². The maximum Gasteiger partial charge on any atom is 0.346 e. The van der Waals surface area contributed by atoms with E-state index in [1.165, 1.54) is 12.1 Å².